The Morgan fingerprint density at radius 2 is 1.80 bits per heavy atom. The number of benzene rings is 1. The van der Waals surface area contributed by atoms with Gasteiger partial charge in [-0.25, -0.2) is 4.79 Å². The van der Waals surface area contributed by atoms with Gasteiger partial charge in [0.25, 0.3) is 5.91 Å². The van der Waals surface area contributed by atoms with E-state index in [1.807, 2.05) is 31.2 Å². The molecule has 0 atom stereocenters. The SMILES string of the molecule is Cc1ccc(-c2cc(C(=O)OCC(=O)N3CCCCCC3)[nH]n2)cc1. The van der Waals surface area contributed by atoms with Crippen LogP contribution in [-0.2, 0) is 9.53 Å². The van der Waals surface area contributed by atoms with E-state index in [4.69, 9.17) is 4.74 Å². The summed E-state index contributed by atoms with van der Waals surface area (Å²) in [4.78, 5) is 26.1. The first kappa shape index (κ1) is 17.2. The Kier molecular flexibility index (Phi) is 5.48. The Hall–Kier alpha value is -2.63. The molecular formula is C19H23N3O3. The Morgan fingerprint density at radius 1 is 1.12 bits per heavy atom. The zero-order chi connectivity index (χ0) is 17.6. The van der Waals surface area contributed by atoms with Gasteiger partial charge in [-0.1, -0.05) is 42.7 Å². The fourth-order valence-electron chi connectivity index (χ4n) is 2.91. The van der Waals surface area contributed by atoms with Crippen molar-refractivity contribution in [2.24, 2.45) is 0 Å². The van der Waals surface area contributed by atoms with E-state index in [1.165, 1.54) is 0 Å². The lowest BCUT2D eigenvalue weighted by Crippen LogP contribution is -2.35. The number of aromatic nitrogens is 2. The summed E-state index contributed by atoms with van der Waals surface area (Å²) >= 11 is 0. The smallest absolute Gasteiger partial charge is 0.356 e. The maximum atomic E-state index is 12.2. The van der Waals surface area contributed by atoms with Gasteiger partial charge in [-0.05, 0) is 25.8 Å². The molecule has 1 aliphatic heterocycles. The highest BCUT2D eigenvalue weighted by atomic mass is 16.5. The zero-order valence-corrected chi connectivity index (χ0v) is 14.5. The Morgan fingerprint density at radius 3 is 2.48 bits per heavy atom. The van der Waals surface area contributed by atoms with Crippen LogP contribution in [0.15, 0.2) is 30.3 Å². The summed E-state index contributed by atoms with van der Waals surface area (Å²) in [6, 6.07) is 9.51. The van der Waals surface area contributed by atoms with Crippen LogP contribution in [0, 0.1) is 6.92 Å². The van der Waals surface area contributed by atoms with Gasteiger partial charge in [0.2, 0.25) is 0 Å². The number of carbonyl (C=O) groups is 2. The molecule has 0 radical (unpaired) electrons. The highest BCUT2D eigenvalue weighted by molar-refractivity contribution is 5.90. The number of hydrogen-bond acceptors (Lipinski definition) is 4. The number of aromatic amines is 1. The lowest BCUT2D eigenvalue weighted by Gasteiger charge is -2.19. The van der Waals surface area contributed by atoms with Crippen LogP contribution in [0.1, 0.15) is 41.7 Å². The first-order valence-corrected chi connectivity index (χ1v) is 8.71. The number of esters is 1. The molecule has 1 aromatic carbocycles. The molecule has 1 amide bonds. The van der Waals surface area contributed by atoms with Crippen molar-refractivity contribution in [3.63, 3.8) is 0 Å². The third-order valence-electron chi connectivity index (χ3n) is 4.43. The van der Waals surface area contributed by atoms with Crippen molar-refractivity contribution >= 4 is 11.9 Å². The average Bonchev–Trinajstić information content (AvgIpc) is 2.95. The maximum absolute atomic E-state index is 12.2. The van der Waals surface area contributed by atoms with Gasteiger partial charge in [-0.3, -0.25) is 9.89 Å². The number of H-pyrrole nitrogens is 1. The van der Waals surface area contributed by atoms with E-state index >= 15 is 0 Å². The van der Waals surface area contributed by atoms with Gasteiger partial charge in [-0.15, -0.1) is 0 Å². The molecular weight excluding hydrogens is 318 g/mol. The van der Waals surface area contributed by atoms with E-state index in [0.717, 1.165) is 49.9 Å². The van der Waals surface area contributed by atoms with E-state index in [-0.39, 0.29) is 18.2 Å². The van der Waals surface area contributed by atoms with Gasteiger partial charge in [-0.2, -0.15) is 5.10 Å². The van der Waals surface area contributed by atoms with Crippen LogP contribution in [0.25, 0.3) is 11.3 Å². The number of ether oxygens (including phenoxy) is 1. The maximum Gasteiger partial charge on any atom is 0.356 e. The Bertz CT molecular complexity index is 729. The summed E-state index contributed by atoms with van der Waals surface area (Å²) in [7, 11) is 0. The monoisotopic (exact) mass is 341 g/mol. The lowest BCUT2D eigenvalue weighted by molar-refractivity contribution is -0.134. The summed E-state index contributed by atoms with van der Waals surface area (Å²) in [5.74, 6) is -0.692. The molecule has 2 aromatic rings. The fourth-order valence-corrected chi connectivity index (χ4v) is 2.91. The van der Waals surface area contributed by atoms with Crippen LogP contribution in [0.5, 0.6) is 0 Å². The van der Waals surface area contributed by atoms with Crippen molar-refractivity contribution in [3.05, 3.63) is 41.6 Å². The second-order valence-electron chi connectivity index (χ2n) is 6.40. The van der Waals surface area contributed by atoms with Gasteiger partial charge in [0.1, 0.15) is 5.69 Å². The first-order chi connectivity index (χ1) is 12.1. The van der Waals surface area contributed by atoms with Crippen molar-refractivity contribution < 1.29 is 14.3 Å². The van der Waals surface area contributed by atoms with Crippen molar-refractivity contribution in [3.8, 4) is 11.3 Å². The molecule has 0 unspecified atom stereocenters. The molecule has 1 aromatic heterocycles. The van der Waals surface area contributed by atoms with Crippen molar-refractivity contribution in [2.75, 3.05) is 19.7 Å². The molecule has 1 saturated heterocycles. The van der Waals surface area contributed by atoms with Crippen LogP contribution >= 0.6 is 0 Å². The van der Waals surface area contributed by atoms with E-state index < -0.39 is 5.97 Å². The fraction of sp³-hybridized carbons (Fsp3) is 0.421. The second kappa shape index (κ2) is 7.96. The van der Waals surface area contributed by atoms with Crippen LogP contribution in [-0.4, -0.2) is 46.7 Å². The van der Waals surface area contributed by atoms with Crippen LogP contribution in [0.2, 0.25) is 0 Å². The standard InChI is InChI=1S/C19H23N3O3/c1-14-6-8-15(9-7-14)16-12-17(21-20-16)19(24)25-13-18(23)22-10-4-2-3-5-11-22/h6-9,12H,2-5,10-11,13H2,1H3,(H,20,21). The minimum absolute atomic E-state index is 0.131. The number of aryl methyl sites for hydroxylation is 1. The molecule has 0 aliphatic carbocycles. The topological polar surface area (TPSA) is 75.3 Å². The van der Waals surface area contributed by atoms with E-state index in [1.54, 1.807) is 11.0 Å². The minimum Gasteiger partial charge on any atom is -0.451 e. The number of nitrogens with zero attached hydrogens (tertiary/aromatic N) is 2. The van der Waals surface area contributed by atoms with Crippen LogP contribution < -0.4 is 0 Å². The van der Waals surface area contributed by atoms with Gasteiger partial charge >= 0.3 is 5.97 Å². The summed E-state index contributed by atoms with van der Waals surface area (Å²) in [5.41, 5.74) is 3.00. The predicted molar refractivity (Wildman–Crippen MR) is 94.1 cm³/mol. The molecule has 132 valence electrons. The number of amides is 1. The summed E-state index contributed by atoms with van der Waals surface area (Å²) in [5, 5.41) is 6.83. The van der Waals surface area contributed by atoms with Crippen molar-refractivity contribution in [2.45, 2.75) is 32.6 Å². The molecule has 6 nitrogen and oxygen atoms in total. The number of nitrogens with one attached hydrogen (secondary N) is 1. The van der Waals surface area contributed by atoms with Crippen molar-refractivity contribution in [1.29, 1.82) is 0 Å². The van der Waals surface area contributed by atoms with E-state index in [9.17, 15) is 9.59 Å². The largest absolute Gasteiger partial charge is 0.451 e. The third kappa shape index (κ3) is 4.47. The summed E-state index contributed by atoms with van der Waals surface area (Å²) < 4.78 is 5.15. The van der Waals surface area contributed by atoms with Gasteiger partial charge in [0.15, 0.2) is 6.61 Å². The molecule has 2 heterocycles. The van der Waals surface area contributed by atoms with Gasteiger partial charge in [0.05, 0.1) is 5.69 Å². The molecule has 0 bridgehead atoms. The third-order valence-corrected chi connectivity index (χ3v) is 4.43. The number of likely N-dealkylation sites (tertiary alicyclic amines) is 1. The molecule has 25 heavy (non-hydrogen) atoms. The summed E-state index contributed by atoms with van der Waals surface area (Å²) in [6.45, 7) is 3.28. The molecule has 1 fully saturated rings. The Balaban J connectivity index is 1.56. The molecule has 1 aliphatic rings. The molecule has 3 rings (SSSR count). The number of hydrogen-bond donors (Lipinski definition) is 1. The normalized spacial score (nSPS) is 14.8. The second-order valence-corrected chi connectivity index (χ2v) is 6.40. The highest BCUT2D eigenvalue weighted by Crippen LogP contribution is 2.18. The first-order valence-electron chi connectivity index (χ1n) is 8.71. The summed E-state index contributed by atoms with van der Waals surface area (Å²) in [6.07, 6.45) is 4.33. The molecule has 0 spiro atoms. The van der Waals surface area contributed by atoms with Crippen LogP contribution in [0.4, 0.5) is 0 Å². The number of carbonyl (C=O) groups excluding carboxylic acids is 2. The number of rotatable bonds is 4. The van der Waals surface area contributed by atoms with E-state index in [0.29, 0.717) is 5.69 Å². The minimum atomic E-state index is -0.561. The van der Waals surface area contributed by atoms with Crippen molar-refractivity contribution in [1.82, 2.24) is 15.1 Å². The van der Waals surface area contributed by atoms with Gasteiger partial charge < -0.3 is 9.64 Å². The quantitative estimate of drug-likeness (QED) is 0.868. The molecule has 0 saturated carbocycles. The average molecular weight is 341 g/mol. The van der Waals surface area contributed by atoms with Gasteiger partial charge in [0, 0.05) is 18.7 Å². The molecule has 1 N–H and O–H groups in total. The highest BCUT2D eigenvalue weighted by Gasteiger charge is 2.19. The van der Waals surface area contributed by atoms with E-state index in [2.05, 4.69) is 10.2 Å². The molecule has 6 heteroatoms. The van der Waals surface area contributed by atoms with Crippen LogP contribution in [0.3, 0.4) is 0 Å². The Labute approximate surface area is 147 Å². The zero-order valence-electron chi connectivity index (χ0n) is 14.5. The lowest BCUT2D eigenvalue weighted by atomic mass is 10.1. The predicted octanol–water partition coefficient (Wildman–Crippen LogP) is 2.94.